The molecule has 6 heteroatoms. The topological polar surface area (TPSA) is 80.1 Å². The first-order valence-corrected chi connectivity index (χ1v) is 5.75. The predicted molar refractivity (Wildman–Crippen MR) is 78.8 cm³/mol. The Bertz CT molecular complexity index is 568. The molecule has 0 spiro atoms. The highest BCUT2D eigenvalue weighted by Crippen LogP contribution is 2.19. The second-order valence-corrected chi connectivity index (χ2v) is 4.31. The Labute approximate surface area is 117 Å². The number of methoxy groups -OCH3 is 1. The number of fused-ring (bicyclic) bond motifs is 1. The molecule has 1 atom stereocenters. The summed E-state index contributed by atoms with van der Waals surface area (Å²) in [5.41, 5.74) is 8.52. The molecule has 1 aromatic heterocycles. The number of anilines is 1. The summed E-state index contributed by atoms with van der Waals surface area (Å²) >= 11 is 0. The Morgan fingerprint density at radius 3 is 2.89 bits per heavy atom. The number of carbonyl (C=O) groups excluding carboxylic acids is 1. The molecular weight excluding hydrogens is 266 g/mol. The van der Waals surface area contributed by atoms with Crippen molar-refractivity contribution < 1.29 is 9.53 Å². The van der Waals surface area contributed by atoms with Crippen molar-refractivity contribution in [1.82, 2.24) is 4.98 Å². The van der Waals surface area contributed by atoms with Gasteiger partial charge >= 0.3 is 0 Å². The third-order valence-electron chi connectivity index (χ3n) is 2.71. The van der Waals surface area contributed by atoms with Gasteiger partial charge in [-0.2, -0.15) is 0 Å². The van der Waals surface area contributed by atoms with Crippen LogP contribution in [0.4, 0.5) is 5.69 Å². The van der Waals surface area contributed by atoms with E-state index in [1.165, 1.54) is 7.11 Å². The average molecular weight is 284 g/mol. The number of halogens is 1. The fourth-order valence-electron chi connectivity index (χ4n) is 1.85. The van der Waals surface area contributed by atoms with Gasteiger partial charge < -0.3 is 20.8 Å². The maximum Gasteiger partial charge on any atom is 0.243 e. The van der Waals surface area contributed by atoms with Crippen molar-refractivity contribution in [2.24, 2.45) is 5.73 Å². The van der Waals surface area contributed by atoms with Crippen LogP contribution in [-0.4, -0.2) is 30.6 Å². The van der Waals surface area contributed by atoms with Crippen LogP contribution in [0.5, 0.6) is 0 Å². The summed E-state index contributed by atoms with van der Waals surface area (Å²) in [5.74, 6) is -0.247. The summed E-state index contributed by atoms with van der Waals surface area (Å²) in [7, 11) is 1.52. The number of rotatable bonds is 4. The number of H-pyrrole nitrogens is 1. The SMILES string of the molecule is COCC(N)C(=O)Nc1ccc2[nH]c(C)cc2c1.Cl. The van der Waals surface area contributed by atoms with Crippen LogP contribution in [0, 0.1) is 6.92 Å². The van der Waals surface area contributed by atoms with Crippen LogP contribution in [0.3, 0.4) is 0 Å². The molecule has 19 heavy (non-hydrogen) atoms. The lowest BCUT2D eigenvalue weighted by Crippen LogP contribution is -2.39. The Hall–Kier alpha value is -1.56. The molecule has 1 amide bonds. The minimum atomic E-state index is -0.654. The minimum Gasteiger partial charge on any atom is -0.383 e. The molecule has 4 N–H and O–H groups in total. The number of benzene rings is 1. The lowest BCUT2D eigenvalue weighted by Gasteiger charge is -2.11. The molecule has 0 aliphatic carbocycles. The summed E-state index contributed by atoms with van der Waals surface area (Å²) in [4.78, 5) is 14.9. The number of aromatic amines is 1. The molecule has 0 fully saturated rings. The van der Waals surface area contributed by atoms with Gasteiger partial charge in [0, 0.05) is 29.4 Å². The van der Waals surface area contributed by atoms with Crippen LogP contribution in [0.15, 0.2) is 24.3 Å². The van der Waals surface area contributed by atoms with Crippen LogP contribution in [0.2, 0.25) is 0 Å². The quantitative estimate of drug-likeness (QED) is 0.800. The number of nitrogens with one attached hydrogen (secondary N) is 2. The van der Waals surface area contributed by atoms with E-state index in [1.54, 1.807) is 0 Å². The smallest absolute Gasteiger partial charge is 0.243 e. The molecule has 5 nitrogen and oxygen atoms in total. The lowest BCUT2D eigenvalue weighted by atomic mass is 10.2. The van der Waals surface area contributed by atoms with Gasteiger partial charge in [0.1, 0.15) is 6.04 Å². The Balaban J connectivity index is 0.00000180. The fourth-order valence-corrected chi connectivity index (χ4v) is 1.85. The largest absolute Gasteiger partial charge is 0.383 e. The monoisotopic (exact) mass is 283 g/mol. The minimum absolute atomic E-state index is 0. The predicted octanol–water partition coefficient (Wildman–Crippen LogP) is 1.81. The van der Waals surface area contributed by atoms with Crippen LogP contribution in [0.1, 0.15) is 5.69 Å². The van der Waals surface area contributed by atoms with E-state index in [4.69, 9.17) is 10.5 Å². The molecule has 2 aromatic rings. The van der Waals surface area contributed by atoms with Gasteiger partial charge in [-0.3, -0.25) is 4.79 Å². The number of ether oxygens (including phenoxy) is 1. The summed E-state index contributed by atoms with van der Waals surface area (Å²) in [6.07, 6.45) is 0. The molecular formula is C13H18ClN3O2. The van der Waals surface area contributed by atoms with Crippen molar-refractivity contribution in [2.75, 3.05) is 19.0 Å². The van der Waals surface area contributed by atoms with Gasteiger partial charge in [-0.05, 0) is 31.2 Å². The molecule has 0 aliphatic heterocycles. The van der Waals surface area contributed by atoms with Gasteiger partial charge in [-0.1, -0.05) is 0 Å². The number of hydrogen-bond acceptors (Lipinski definition) is 3. The van der Waals surface area contributed by atoms with Crippen molar-refractivity contribution in [2.45, 2.75) is 13.0 Å². The fraction of sp³-hybridized carbons (Fsp3) is 0.308. The third-order valence-corrected chi connectivity index (χ3v) is 2.71. The summed E-state index contributed by atoms with van der Waals surface area (Å²) in [6.45, 7) is 2.20. The molecule has 0 bridgehead atoms. The highest BCUT2D eigenvalue weighted by molar-refractivity contribution is 5.96. The molecule has 1 unspecified atom stereocenters. The Morgan fingerprint density at radius 1 is 1.47 bits per heavy atom. The second-order valence-electron chi connectivity index (χ2n) is 4.31. The molecule has 1 heterocycles. The summed E-state index contributed by atoms with van der Waals surface area (Å²) in [5, 5.41) is 3.83. The standard InChI is InChI=1S/C13H17N3O2.ClH/c1-8-5-9-6-10(3-4-12(9)15-8)16-13(17)11(14)7-18-2;/h3-6,11,15H,7,14H2,1-2H3,(H,16,17);1H. The molecule has 0 aliphatic rings. The van der Waals surface area contributed by atoms with Crippen molar-refractivity contribution in [3.63, 3.8) is 0 Å². The van der Waals surface area contributed by atoms with E-state index in [1.807, 2.05) is 31.2 Å². The van der Waals surface area contributed by atoms with E-state index in [2.05, 4.69) is 10.3 Å². The number of amides is 1. The number of nitrogens with two attached hydrogens (primary N) is 1. The summed E-state index contributed by atoms with van der Waals surface area (Å²) in [6, 6.07) is 7.06. The van der Waals surface area contributed by atoms with E-state index in [0.29, 0.717) is 0 Å². The highest BCUT2D eigenvalue weighted by atomic mass is 35.5. The molecule has 1 aromatic carbocycles. The van der Waals surface area contributed by atoms with Gasteiger partial charge in [0.05, 0.1) is 6.61 Å². The van der Waals surface area contributed by atoms with Crippen molar-refractivity contribution >= 4 is 34.9 Å². The first-order chi connectivity index (χ1) is 8.60. The molecule has 0 saturated carbocycles. The van der Waals surface area contributed by atoms with E-state index < -0.39 is 6.04 Å². The number of aryl methyl sites for hydroxylation is 1. The molecule has 2 rings (SSSR count). The van der Waals surface area contributed by atoms with Crippen molar-refractivity contribution in [1.29, 1.82) is 0 Å². The average Bonchev–Trinajstić information content (AvgIpc) is 2.68. The zero-order chi connectivity index (χ0) is 13.1. The van der Waals surface area contributed by atoms with Gasteiger partial charge in [0.2, 0.25) is 5.91 Å². The first kappa shape index (κ1) is 15.5. The van der Waals surface area contributed by atoms with Crippen LogP contribution in [-0.2, 0) is 9.53 Å². The van der Waals surface area contributed by atoms with E-state index in [9.17, 15) is 4.79 Å². The Kier molecular flexibility index (Phi) is 5.35. The Morgan fingerprint density at radius 2 is 2.21 bits per heavy atom. The zero-order valence-corrected chi connectivity index (χ0v) is 11.7. The second kappa shape index (κ2) is 6.56. The van der Waals surface area contributed by atoms with E-state index in [-0.39, 0.29) is 24.9 Å². The zero-order valence-electron chi connectivity index (χ0n) is 10.9. The lowest BCUT2D eigenvalue weighted by molar-refractivity contribution is -0.118. The molecule has 0 saturated heterocycles. The summed E-state index contributed by atoms with van der Waals surface area (Å²) < 4.78 is 4.85. The maximum absolute atomic E-state index is 11.7. The first-order valence-electron chi connectivity index (χ1n) is 5.75. The van der Waals surface area contributed by atoms with Gasteiger partial charge in [-0.25, -0.2) is 0 Å². The molecule has 0 radical (unpaired) electrons. The van der Waals surface area contributed by atoms with E-state index >= 15 is 0 Å². The van der Waals surface area contributed by atoms with Crippen molar-refractivity contribution in [3.8, 4) is 0 Å². The molecule has 104 valence electrons. The van der Waals surface area contributed by atoms with Crippen LogP contribution < -0.4 is 11.1 Å². The number of carbonyl (C=O) groups is 1. The van der Waals surface area contributed by atoms with Crippen molar-refractivity contribution in [3.05, 3.63) is 30.0 Å². The van der Waals surface area contributed by atoms with Gasteiger partial charge in [0.15, 0.2) is 0 Å². The maximum atomic E-state index is 11.7. The third kappa shape index (κ3) is 3.70. The normalized spacial score (nSPS) is 11.9. The van der Waals surface area contributed by atoms with Gasteiger partial charge in [-0.15, -0.1) is 12.4 Å². The van der Waals surface area contributed by atoms with Gasteiger partial charge in [0.25, 0.3) is 0 Å². The van der Waals surface area contributed by atoms with Crippen LogP contribution >= 0.6 is 12.4 Å². The number of aromatic nitrogens is 1. The number of hydrogen-bond donors (Lipinski definition) is 3. The highest BCUT2D eigenvalue weighted by Gasteiger charge is 2.13. The van der Waals surface area contributed by atoms with Crippen LogP contribution in [0.25, 0.3) is 10.9 Å². The van der Waals surface area contributed by atoms with E-state index in [0.717, 1.165) is 22.3 Å².